The molecule has 3 aliphatic rings. The summed E-state index contributed by atoms with van der Waals surface area (Å²) in [4.78, 5) is 39.0. The Morgan fingerprint density at radius 3 is 2.23 bits per heavy atom. The third-order valence-corrected chi connectivity index (χ3v) is 7.17. The second-order valence-corrected chi connectivity index (χ2v) is 9.39. The number of ether oxygens (including phenoxy) is 2. The number of aromatic hydroxyl groups is 2. The summed E-state index contributed by atoms with van der Waals surface area (Å²) in [6.07, 6.45) is -4.74. The van der Waals surface area contributed by atoms with Crippen molar-refractivity contribution in [3.63, 3.8) is 0 Å². The maximum Gasteiger partial charge on any atom is 0.198 e. The summed E-state index contributed by atoms with van der Waals surface area (Å²) >= 11 is 0. The van der Waals surface area contributed by atoms with Crippen molar-refractivity contribution in [3.05, 3.63) is 57.6 Å². The number of aliphatic hydroxyl groups excluding tert-OH is 2. The predicted molar refractivity (Wildman–Crippen MR) is 119 cm³/mol. The molecular weight excluding hydrogens is 458 g/mol. The summed E-state index contributed by atoms with van der Waals surface area (Å²) in [5, 5.41) is 42.3. The smallest absolute Gasteiger partial charge is 0.198 e. The van der Waals surface area contributed by atoms with Crippen LogP contribution in [0.15, 0.2) is 24.3 Å². The number of rotatable bonds is 3. The van der Waals surface area contributed by atoms with E-state index in [4.69, 9.17) is 15.2 Å². The molecule has 5 atom stereocenters. The van der Waals surface area contributed by atoms with E-state index in [9.17, 15) is 34.8 Å². The van der Waals surface area contributed by atoms with Gasteiger partial charge in [-0.15, -0.1) is 0 Å². The van der Waals surface area contributed by atoms with Crippen molar-refractivity contribution in [1.82, 2.24) is 0 Å². The molecule has 1 fully saturated rings. The summed E-state index contributed by atoms with van der Waals surface area (Å²) in [6.45, 7) is 1.09. The van der Waals surface area contributed by atoms with Gasteiger partial charge in [0.1, 0.15) is 23.4 Å². The van der Waals surface area contributed by atoms with Gasteiger partial charge in [0.25, 0.3) is 0 Å². The van der Waals surface area contributed by atoms with Crippen molar-refractivity contribution in [2.75, 3.05) is 6.61 Å². The number of phenolic OH excluding ortho intramolecular Hbond substituents is 2. The molecule has 10 heteroatoms. The molecule has 2 aliphatic carbocycles. The van der Waals surface area contributed by atoms with Gasteiger partial charge in [-0.2, -0.15) is 0 Å². The van der Waals surface area contributed by atoms with Gasteiger partial charge in [0, 0.05) is 41.5 Å². The van der Waals surface area contributed by atoms with Crippen molar-refractivity contribution in [2.24, 2.45) is 5.73 Å². The SMILES string of the molecule is CC(=O)[C@]1(N)Cc2c(O)c3c(c(O)c2[C@@H](O[C@@H]2C[C@@H](O)[C@H](O)CO2)C1)C(=O)c1ccccc1C3=O. The average molecular weight is 483 g/mol. The second-order valence-electron chi connectivity index (χ2n) is 9.39. The fraction of sp³-hybridized carbons (Fsp3) is 0.400. The Morgan fingerprint density at radius 1 is 1.06 bits per heavy atom. The number of fused-ring (bicyclic) bond motifs is 3. The number of aliphatic hydroxyl groups is 2. The van der Waals surface area contributed by atoms with Gasteiger partial charge in [-0.25, -0.2) is 0 Å². The van der Waals surface area contributed by atoms with Gasteiger partial charge in [-0.05, 0) is 6.92 Å². The van der Waals surface area contributed by atoms with Crippen molar-refractivity contribution < 1.29 is 44.3 Å². The first-order valence-corrected chi connectivity index (χ1v) is 11.3. The van der Waals surface area contributed by atoms with Crippen molar-refractivity contribution in [1.29, 1.82) is 0 Å². The highest BCUT2D eigenvalue weighted by molar-refractivity contribution is 6.30. The van der Waals surface area contributed by atoms with Crippen LogP contribution in [0.4, 0.5) is 0 Å². The van der Waals surface area contributed by atoms with Gasteiger partial charge >= 0.3 is 0 Å². The van der Waals surface area contributed by atoms with Crippen LogP contribution in [0, 0.1) is 0 Å². The Kier molecular flexibility index (Phi) is 5.53. The lowest BCUT2D eigenvalue weighted by Gasteiger charge is -2.41. The molecule has 5 rings (SSSR count). The number of carbonyl (C=O) groups excluding carboxylic acids is 3. The summed E-state index contributed by atoms with van der Waals surface area (Å²) in [5.41, 5.74) is 4.47. The first-order chi connectivity index (χ1) is 16.5. The minimum absolute atomic E-state index is 0.0344. The highest BCUT2D eigenvalue weighted by atomic mass is 16.7. The summed E-state index contributed by atoms with van der Waals surface area (Å²) < 4.78 is 11.4. The van der Waals surface area contributed by atoms with Crippen LogP contribution < -0.4 is 5.73 Å². The average Bonchev–Trinajstić information content (AvgIpc) is 2.82. The number of nitrogens with two attached hydrogens (primary N) is 1. The van der Waals surface area contributed by atoms with E-state index in [1.807, 2.05) is 0 Å². The van der Waals surface area contributed by atoms with Crippen molar-refractivity contribution >= 4 is 17.3 Å². The number of benzene rings is 2. The van der Waals surface area contributed by atoms with Crippen molar-refractivity contribution in [3.8, 4) is 11.5 Å². The number of carbonyl (C=O) groups is 3. The molecular formula is C25H25NO9. The minimum atomic E-state index is -1.50. The number of hydrogen-bond acceptors (Lipinski definition) is 10. The van der Waals surface area contributed by atoms with Gasteiger partial charge < -0.3 is 35.6 Å². The molecule has 2 aromatic carbocycles. The molecule has 0 aromatic heterocycles. The highest BCUT2D eigenvalue weighted by Gasteiger charge is 2.48. The second kappa shape index (κ2) is 8.21. The van der Waals surface area contributed by atoms with Gasteiger partial charge in [-0.1, -0.05) is 24.3 Å². The number of phenols is 2. The van der Waals surface area contributed by atoms with E-state index in [2.05, 4.69) is 0 Å². The lowest BCUT2D eigenvalue weighted by Crippen LogP contribution is -2.53. The maximum absolute atomic E-state index is 13.3. The largest absolute Gasteiger partial charge is 0.507 e. The van der Waals surface area contributed by atoms with Gasteiger partial charge in [0.15, 0.2) is 17.9 Å². The highest BCUT2D eigenvalue weighted by Crippen LogP contribution is 2.51. The molecule has 1 aliphatic heterocycles. The van der Waals surface area contributed by atoms with E-state index in [-0.39, 0.29) is 59.3 Å². The maximum atomic E-state index is 13.3. The zero-order valence-electron chi connectivity index (χ0n) is 18.9. The molecule has 2 aromatic rings. The third kappa shape index (κ3) is 3.57. The quantitative estimate of drug-likeness (QED) is 0.332. The monoisotopic (exact) mass is 483 g/mol. The topological polar surface area (TPSA) is 177 Å². The Balaban J connectivity index is 1.67. The van der Waals surface area contributed by atoms with E-state index < -0.39 is 59.0 Å². The Morgan fingerprint density at radius 2 is 1.66 bits per heavy atom. The lowest BCUT2D eigenvalue weighted by atomic mass is 9.71. The van der Waals surface area contributed by atoms with Crippen LogP contribution in [-0.2, 0) is 20.7 Å². The summed E-state index contributed by atoms with van der Waals surface area (Å²) in [7, 11) is 0. The zero-order valence-corrected chi connectivity index (χ0v) is 18.9. The van der Waals surface area contributed by atoms with E-state index in [1.54, 1.807) is 12.1 Å². The first kappa shape index (κ1) is 23.6. The predicted octanol–water partition coefficient (Wildman–Crippen LogP) is 0.632. The van der Waals surface area contributed by atoms with Crippen LogP contribution in [0.3, 0.4) is 0 Å². The molecule has 0 unspecified atom stereocenters. The fourth-order valence-corrected chi connectivity index (χ4v) is 5.13. The molecule has 1 heterocycles. The molecule has 0 radical (unpaired) electrons. The van der Waals surface area contributed by atoms with Gasteiger partial charge in [-0.3, -0.25) is 14.4 Å². The molecule has 10 nitrogen and oxygen atoms in total. The standard InChI is InChI=1S/C25H25NO9/c1-10(27)25(26)7-13-18(16(8-25)35-17-6-14(28)15(29)9-34-17)24(33)20-19(23(13)32)21(30)11-4-2-3-5-12(11)22(20)31/h2-5,14-17,28-29,32-33H,6-9,26H2,1H3/t14-,15-,16+,17-,25+/m1/s1. The van der Waals surface area contributed by atoms with E-state index >= 15 is 0 Å². The molecule has 184 valence electrons. The van der Waals surface area contributed by atoms with E-state index in [0.717, 1.165) is 0 Å². The fourth-order valence-electron chi connectivity index (χ4n) is 5.13. The minimum Gasteiger partial charge on any atom is -0.507 e. The van der Waals surface area contributed by atoms with Crippen molar-refractivity contribution in [2.45, 2.75) is 56.3 Å². The molecule has 0 spiro atoms. The molecule has 6 N–H and O–H groups in total. The Bertz CT molecular complexity index is 1270. The molecule has 0 bridgehead atoms. The Labute approximate surface area is 199 Å². The number of Topliss-reactive ketones (excluding diaryl/α,β-unsaturated/α-hetero) is 1. The lowest BCUT2D eigenvalue weighted by molar-refractivity contribution is -0.238. The van der Waals surface area contributed by atoms with Gasteiger partial charge in [0.05, 0.1) is 35.5 Å². The van der Waals surface area contributed by atoms with Crippen LogP contribution in [0.1, 0.15) is 68.8 Å². The van der Waals surface area contributed by atoms with Crippen LogP contribution in [0.5, 0.6) is 11.5 Å². The summed E-state index contributed by atoms with van der Waals surface area (Å²) in [5.74, 6) is -2.74. The summed E-state index contributed by atoms with van der Waals surface area (Å²) in [6, 6.07) is 6.10. The first-order valence-electron chi connectivity index (χ1n) is 11.3. The molecule has 0 saturated carbocycles. The van der Waals surface area contributed by atoms with Crippen LogP contribution in [0.25, 0.3) is 0 Å². The Hall–Kier alpha value is -3.15. The van der Waals surface area contributed by atoms with Gasteiger partial charge in [0.2, 0.25) is 0 Å². The molecule has 0 amide bonds. The third-order valence-electron chi connectivity index (χ3n) is 7.17. The molecule has 1 saturated heterocycles. The normalized spacial score (nSPS) is 29.8. The number of hydrogen-bond donors (Lipinski definition) is 5. The van der Waals surface area contributed by atoms with E-state index in [1.165, 1.54) is 19.1 Å². The molecule has 35 heavy (non-hydrogen) atoms. The van der Waals surface area contributed by atoms with Crippen LogP contribution in [-0.4, -0.2) is 68.4 Å². The van der Waals surface area contributed by atoms with E-state index in [0.29, 0.717) is 0 Å². The number of ketones is 3. The van der Waals surface area contributed by atoms with Crippen LogP contribution >= 0.6 is 0 Å². The van der Waals surface area contributed by atoms with Crippen LogP contribution in [0.2, 0.25) is 0 Å². The zero-order chi connectivity index (χ0) is 25.2.